The van der Waals surface area contributed by atoms with Crippen LogP contribution in [-0.2, 0) is 0 Å². The molecule has 0 spiro atoms. The summed E-state index contributed by atoms with van der Waals surface area (Å²) in [6, 6.07) is 2.74. The minimum atomic E-state index is -1.06. The lowest BCUT2D eigenvalue weighted by Gasteiger charge is -2.15. The van der Waals surface area contributed by atoms with Crippen molar-refractivity contribution in [1.82, 2.24) is 9.97 Å². The highest BCUT2D eigenvalue weighted by Gasteiger charge is 2.12. The van der Waals surface area contributed by atoms with Crippen LogP contribution >= 0.6 is 0 Å². The first kappa shape index (κ1) is 11.0. The number of hydrogen-bond acceptors (Lipinski definition) is 3. The van der Waals surface area contributed by atoms with E-state index in [0.29, 0.717) is 12.5 Å². The Kier molecular flexibility index (Phi) is 3.46. The van der Waals surface area contributed by atoms with Crippen LogP contribution in [0, 0.1) is 0 Å². The van der Waals surface area contributed by atoms with E-state index >= 15 is 0 Å². The van der Waals surface area contributed by atoms with E-state index in [1.54, 1.807) is 6.07 Å². The molecule has 14 heavy (non-hydrogen) atoms. The molecule has 0 bridgehead atoms. The van der Waals surface area contributed by atoms with E-state index in [-0.39, 0.29) is 5.69 Å². The molecule has 0 atom stereocenters. The first-order valence-electron chi connectivity index (χ1n) is 4.65. The molecule has 0 aliphatic heterocycles. The van der Waals surface area contributed by atoms with Gasteiger partial charge in [0.05, 0.1) is 6.61 Å². The summed E-state index contributed by atoms with van der Waals surface area (Å²) in [6.45, 7) is 7.51. The SMILES string of the molecule is C[Si](C)(C)CCOc1ccnc(=O)[nH]1. The van der Waals surface area contributed by atoms with Gasteiger partial charge in [0.15, 0.2) is 5.88 Å². The Morgan fingerprint density at radius 3 is 2.79 bits per heavy atom. The third kappa shape index (κ3) is 4.22. The van der Waals surface area contributed by atoms with Gasteiger partial charge in [-0.2, -0.15) is 0 Å². The predicted molar refractivity (Wildman–Crippen MR) is 58.5 cm³/mol. The van der Waals surface area contributed by atoms with E-state index in [1.165, 1.54) is 6.20 Å². The lowest BCUT2D eigenvalue weighted by atomic mass is 10.6. The molecule has 1 aromatic rings. The van der Waals surface area contributed by atoms with E-state index < -0.39 is 8.07 Å². The van der Waals surface area contributed by atoms with Gasteiger partial charge in [-0.3, -0.25) is 4.98 Å². The second kappa shape index (κ2) is 4.41. The van der Waals surface area contributed by atoms with Crippen LogP contribution in [0.25, 0.3) is 0 Å². The topological polar surface area (TPSA) is 55.0 Å². The molecule has 78 valence electrons. The molecular formula is C9H16N2O2Si. The maximum absolute atomic E-state index is 10.8. The Balaban J connectivity index is 2.43. The highest BCUT2D eigenvalue weighted by Crippen LogP contribution is 2.09. The van der Waals surface area contributed by atoms with Crippen molar-refractivity contribution in [2.45, 2.75) is 25.7 Å². The average molecular weight is 212 g/mol. The second-order valence-corrected chi connectivity index (χ2v) is 10.0. The molecule has 5 heteroatoms. The van der Waals surface area contributed by atoms with Crippen molar-refractivity contribution < 1.29 is 4.74 Å². The summed E-state index contributed by atoms with van der Waals surface area (Å²) in [6.07, 6.45) is 1.45. The quantitative estimate of drug-likeness (QED) is 0.769. The fourth-order valence-electron chi connectivity index (χ4n) is 0.903. The summed E-state index contributed by atoms with van der Waals surface area (Å²) >= 11 is 0. The number of ether oxygens (including phenoxy) is 1. The summed E-state index contributed by atoms with van der Waals surface area (Å²) < 4.78 is 5.40. The number of rotatable bonds is 4. The number of nitrogens with one attached hydrogen (secondary N) is 1. The minimum Gasteiger partial charge on any atom is -0.479 e. The second-order valence-electron chi connectivity index (χ2n) is 4.40. The zero-order valence-corrected chi connectivity index (χ0v) is 9.83. The fraction of sp³-hybridized carbons (Fsp3) is 0.556. The van der Waals surface area contributed by atoms with Crippen LogP contribution in [0.3, 0.4) is 0 Å². The number of aromatic nitrogens is 2. The van der Waals surface area contributed by atoms with Gasteiger partial charge in [0.2, 0.25) is 0 Å². The Morgan fingerprint density at radius 2 is 2.21 bits per heavy atom. The summed E-state index contributed by atoms with van der Waals surface area (Å²) in [4.78, 5) is 16.8. The van der Waals surface area contributed by atoms with E-state index in [0.717, 1.165) is 6.04 Å². The van der Waals surface area contributed by atoms with Crippen molar-refractivity contribution in [3.05, 3.63) is 22.7 Å². The van der Waals surface area contributed by atoms with E-state index in [1.807, 2.05) is 0 Å². The molecule has 1 N–H and O–H groups in total. The first-order chi connectivity index (χ1) is 6.47. The molecule has 0 saturated heterocycles. The summed E-state index contributed by atoms with van der Waals surface area (Å²) in [5.74, 6) is 0.503. The van der Waals surface area contributed by atoms with Gasteiger partial charge in [0, 0.05) is 20.3 Å². The normalized spacial score (nSPS) is 11.4. The summed E-state index contributed by atoms with van der Waals surface area (Å²) in [5.41, 5.74) is -0.365. The van der Waals surface area contributed by atoms with Crippen LogP contribution < -0.4 is 10.4 Å². The van der Waals surface area contributed by atoms with Gasteiger partial charge in [0.25, 0.3) is 0 Å². The van der Waals surface area contributed by atoms with Gasteiger partial charge in [-0.15, -0.1) is 0 Å². The van der Waals surface area contributed by atoms with E-state index in [2.05, 4.69) is 29.6 Å². The lowest BCUT2D eigenvalue weighted by Crippen LogP contribution is -2.23. The Labute approximate surface area is 84.4 Å². The monoisotopic (exact) mass is 212 g/mol. The van der Waals surface area contributed by atoms with Crippen LogP contribution in [0.1, 0.15) is 0 Å². The first-order valence-corrected chi connectivity index (χ1v) is 8.36. The lowest BCUT2D eigenvalue weighted by molar-refractivity contribution is 0.323. The Hall–Kier alpha value is -1.10. The summed E-state index contributed by atoms with van der Waals surface area (Å²) in [7, 11) is -1.06. The third-order valence-corrected chi connectivity index (χ3v) is 3.46. The molecule has 0 aliphatic rings. The minimum absolute atomic E-state index is 0.365. The molecule has 1 heterocycles. The molecule has 0 saturated carbocycles. The smallest absolute Gasteiger partial charge is 0.347 e. The Bertz CT molecular complexity index is 343. The van der Waals surface area contributed by atoms with Crippen molar-refractivity contribution in [3.8, 4) is 5.88 Å². The van der Waals surface area contributed by atoms with Crippen LogP contribution in [0.4, 0.5) is 0 Å². The van der Waals surface area contributed by atoms with E-state index in [9.17, 15) is 4.79 Å². The van der Waals surface area contributed by atoms with Gasteiger partial charge >= 0.3 is 5.69 Å². The highest BCUT2D eigenvalue weighted by atomic mass is 28.3. The van der Waals surface area contributed by atoms with Gasteiger partial charge in [0.1, 0.15) is 0 Å². The summed E-state index contributed by atoms with van der Waals surface area (Å²) in [5, 5.41) is 0. The zero-order chi connectivity index (χ0) is 10.6. The number of aromatic amines is 1. The van der Waals surface area contributed by atoms with Gasteiger partial charge in [-0.1, -0.05) is 19.6 Å². The molecule has 0 radical (unpaired) electrons. The molecule has 0 fully saturated rings. The van der Waals surface area contributed by atoms with Crippen molar-refractivity contribution >= 4 is 8.07 Å². The van der Waals surface area contributed by atoms with Crippen LogP contribution in [0.2, 0.25) is 25.7 Å². The number of hydrogen-bond donors (Lipinski definition) is 1. The van der Waals surface area contributed by atoms with Gasteiger partial charge in [-0.05, 0) is 6.04 Å². The molecule has 1 aromatic heterocycles. The standard InChI is InChI=1S/C9H16N2O2Si/c1-14(2,3)7-6-13-8-4-5-10-9(12)11-8/h4-5H,6-7H2,1-3H3,(H,10,11,12). The molecule has 0 amide bonds. The number of nitrogens with zero attached hydrogens (tertiary/aromatic N) is 1. The molecule has 0 aliphatic carbocycles. The maximum atomic E-state index is 10.8. The molecule has 0 unspecified atom stereocenters. The van der Waals surface area contributed by atoms with Crippen molar-refractivity contribution in [2.24, 2.45) is 0 Å². The Morgan fingerprint density at radius 1 is 1.50 bits per heavy atom. The predicted octanol–water partition coefficient (Wildman–Crippen LogP) is 1.49. The van der Waals surface area contributed by atoms with E-state index in [4.69, 9.17) is 4.74 Å². The van der Waals surface area contributed by atoms with Gasteiger partial charge in [-0.25, -0.2) is 9.78 Å². The molecule has 1 rings (SSSR count). The van der Waals surface area contributed by atoms with Crippen molar-refractivity contribution in [3.63, 3.8) is 0 Å². The third-order valence-electron chi connectivity index (χ3n) is 1.76. The number of H-pyrrole nitrogens is 1. The largest absolute Gasteiger partial charge is 0.479 e. The van der Waals surface area contributed by atoms with Crippen molar-refractivity contribution in [2.75, 3.05) is 6.61 Å². The molecule has 0 aromatic carbocycles. The van der Waals surface area contributed by atoms with Crippen LogP contribution in [-0.4, -0.2) is 24.6 Å². The van der Waals surface area contributed by atoms with Crippen LogP contribution in [0.15, 0.2) is 17.1 Å². The fourth-order valence-corrected chi connectivity index (χ4v) is 1.62. The van der Waals surface area contributed by atoms with Crippen LogP contribution in [0.5, 0.6) is 5.88 Å². The maximum Gasteiger partial charge on any atom is 0.347 e. The highest BCUT2D eigenvalue weighted by molar-refractivity contribution is 6.76. The molecular weight excluding hydrogens is 196 g/mol. The molecule has 4 nitrogen and oxygen atoms in total. The van der Waals surface area contributed by atoms with Crippen molar-refractivity contribution in [1.29, 1.82) is 0 Å². The average Bonchev–Trinajstić information content (AvgIpc) is 2.01. The zero-order valence-electron chi connectivity index (χ0n) is 8.83. The van der Waals surface area contributed by atoms with Gasteiger partial charge < -0.3 is 4.74 Å².